The highest BCUT2D eigenvalue weighted by Crippen LogP contribution is 2.27. The summed E-state index contributed by atoms with van der Waals surface area (Å²) in [6, 6.07) is 10.9. The number of ether oxygens (including phenoxy) is 2. The summed E-state index contributed by atoms with van der Waals surface area (Å²) >= 11 is 0. The fourth-order valence-electron chi connectivity index (χ4n) is 3.90. The summed E-state index contributed by atoms with van der Waals surface area (Å²) in [4.78, 5) is 2.33. The molecule has 2 N–H and O–H groups in total. The van der Waals surface area contributed by atoms with Gasteiger partial charge in [-0.2, -0.15) is 0 Å². The summed E-state index contributed by atoms with van der Waals surface area (Å²) in [6.07, 6.45) is 3.78. The zero-order chi connectivity index (χ0) is 25.2. The molecular formula is C28H49NO4Si. The van der Waals surface area contributed by atoms with E-state index in [1.807, 2.05) is 24.3 Å². The lowest BCUT2D eigenvalue weighted by Gasteiger charge is -2.25. The Balaban J connectivity index is 2.58. The summed E-state index contributed by atoms with van der Waals surface area (Å²) in [6.45, 7) is 14.1. The Kier molecular flexibility index (Phi) is 16.0. The van der Waals surface area contributed by atoms with Crippen molar-refractivity contribution in [1.29, 1.82) is 0 Å². The van der Waals surface area contributed by atoms with Gasteiger partial charge in [-0.3, -0.25) is 0 Å². The Bertz CT molecular complexity index is 698. The summed E-state index contributed by atoms with van der Waals surface area (Å²) in [5, 5.41) is 20.9. The summed E-state index contributed by atoms with van der Waals surface area (Å²) in [5.41, 5.74) is 3.51. The van der Waals surface area contributed by atoms with E-state index >= 15 is 0 Å². The van der Waals surface area contributed by atoms with Gasteiger partial charge in [0.2, 0.25) is 0 Å². The maximum atomic E-state index is 10.6. The number of benzene rings is 1. The largest absolute Gasteiger partial charge is 0.487 e. The SMILES string of the molecule is CCCCN(CCCC)C[C@H](O)COc1ccccc1OC[C@H](O)CC#C[Si](CC)(CC)CC. The van der Waals surface area contributed by atoms with E-state index in [2.05, 4.69) is 51.0 Å². The van der Waals surface area contributed by atoms with Crippen molar-refractivity contribution in [2.24, 2.45) is 0 Å². The third kappa shape index (κ3) is 11.7. The van der Waals surface area contributed by atoms with Gasteiger partial charge in [-0.05, 0) is 56.2 Å². The molecule has 0 bridgehead atoms. The monoisotopic (exact) mass is 491 g/mol. The van der Waals surface area contributed by atoms with Crippen molar-refractivity contribution in [2.45, 2.75) is 97.1 Å². The first-order valence-corrected chi connectivity index (χ1v) is 16.0. The van der Waals surface area contributed by atoms with Gasteiger partial charge in [0.25, 0.3) is 0 Å². The molecule has 0 saturated heterocycles. The lowest BCUT2D eigenvalue weighted by atomic mass is 10.2. The van der Waals surface area contributed by atoms with Crippen LogP contribution >= 0.6 is 0 Å². The highest BCUT2D eigenvalue weighted by Gasteiger charge is 2.24. The minimum Gasteiger partial charge on any atom is -0.487 e. The summed E-state index contributed by atoms with van der Waals surface area (Å²) in [7, 11) is -1.49. The molecule has 0 aliphatic carbocycles. The second-order valence-electron chi connectivity index (χ2n) is 9.23. The minimum atomic E-state index is -1.49. The molecule has 6 heteroatoms. The quantitative estimate of drug-likeness (QED) is 0.209. The van der Waals surface area contributed by atoms with E-state index in [9.17, 15) is 10.2 Å². The number of para-hydroxylation sites is 2. The Morgan fingerprint density at radius 1 is 0.824 bits per heavy atom. The van der Waals surface area contributed by atoms with Gasteiger partial charge in [0.15, 0.2) is 11.5 Å². The Labute approximate surface area is 209 Å². The van der Waals surface area contributed by atoms with Crippen molar-refractivity contribution in [3.05, 3.63) is 24.3 Å². The molecule has 1 rings (SSSR count). The van der Waals surface area contributed by atoms with Crippen molar-refractivity contribution in [2.75, 3.05) is 32.8 Å². The number of aliphatic hydroxyl groups is 2. The summed E-state index contributed by atoms with van der Waals surface area (Å²) in [5.74, 6) is 4.39. The molecule has 1 aromatic carbocycles. The van der Waals surface area contributed by atoms with Crippen LogP contribution in [0.3, 0.4) is 0 Å². The van der Waals surface area contributed by atoms with Gasteiger partial charge < -0.3 is 24.6 Å². The fraction of sp³-hybridized carbons (Fsp3) is 0.714. The first-order valence-electron chi connectivity index (χ1n) is 13.4. The van der Waals surface area contributed by atoms with Crippen LogP contribution in [-0.4, -0.2) is 68.2 Å². The van der Waals surface area contributed by atoms with Gasteiger partial charge >= 0.3 is 0 Å². The Hall–Kier alpha value is -1.52. The van der Waals surface area contributed by atoms with Gasteiger partial charge in [0.05, 0.1) is 6.10 Å². The number of hydrogen-bond acceptors (Lipinski definition) is 5. The molecule has 34 heavy (non-hydrogen) atoms. The molecular weight excluding hydrogens is 442 g/mol. The molecule has 0 unspecified atom stereocenters. The van der Waals surface area contributed by atoms with Crippen molar-refractivity contribution < 1.29 is 19.7 Å². The van der Waals surface area contributed by atoms with Crippen LogP contribution in [0, 0.1) is 11.5 Å². The number of nitrogens with zero attached hydrogens (tertiary/aromatic N) is 1. The minimum absolute atomic E-state index is 0.165. The van der Waals surface area contributed by atoms with Gasteiger partial charge in [-0.25, -0.2) is 0 Å². The van der Waals surface area contributed by atoms with E-state index in [0.717, 1.165) is 56.9 Å². The van der Waals surface area contributed by atoms with E-state index in [1.165, 1.54) is 0 Å². The lowest BCUT2D eigenvalue weighted by molar-refractivity contribution is 0.0641. The second kappa shape index (κ2) is 17.8. The van der Waals surface area contributed by atoms with E-state index in [0.29, 0.717) is 24.5 Å². The Morgan fingerprint density at radius 2 is 1.32 bits per heavy atom. The average Bonchev–Trinajstić information content (AvgIpc) is 2.86. The fourth-order valence-corrected chi connectivity index (χ4v) is 6.41. The van der Waals surface area contributed by atoms with Crippen LogP contribution in [0.2, 0.25) is 18.1 Å². The van der Waals surface area contributed by atoms with Crippen LogP contribution in [0.25, 0.3) is 0 Å². The number of rotatable bonds is 18. The predicted molar refractivity (Wildman–Crippen MR) is 145 cm³/mol. The standard InChI is InChI=1S/C28H49NO4Si/c1-6-11-19-29(20-12-7-2)22-26(31)24-33-28-18-14-13-17-27(28)32-23-25(30)16-15-21-34(8-3,9-4)10-5/h13-14,17-18,25-26,30-31H,6-12,16,19-20,22-24H2,1-5H3/t25-,26+/m1/s1. The first-order chi connectivity index (χ1) is 16.4. The van der Waals surface area contributed by atoms with Gasteiger partial charge in [-0.15, -0.1) is 11.5 Å². The second-order valence-corrected chi connectivity index (χ2v) is 14.2. The van der Waals surface area contributed by atoms with Gasteiger partial charge in [0, 0.05) is 13.0 Å². The number of unbranched alkanes of at least 4 members (excludes halogenated alkanes) is 2. The Morgan fingerprint density at radius 3 is 1.79 bits per heavy atom. The molecule has 2 atom stereocenters. The molecule has 0 aromatic heterocycles. The molecule has 0 amide bonds. The molecule has 0 fully saturated rings. The third-order valence-electron chi connectivity index (χ3n) is 6.56. The molecule has 0 aliphatic heterocycles. The molecule has 0 saturated carbocycles. The maximum absolute atomic E-state index is 10.6. The predicted octanol–water partition coefficient (Wildman–Crippen LogP) is 5.51. The molecule has 0 heterocycles. The molecule has 1 aromatic rings. The lowest BCUT2D eigenvalue weighted by Crippen LogP contribution is -2.37. The van der Waals surface area contributed by atoms with Gasteiger partial charge in [0.1, 0.15) is 27.4 Å². The van der Waals surface area contributed by atoms with Crippen molar-refractivity contribution in [1.82, 2.24) is 4.90 Å². The average molecular weight is 492 g/mol. The van der Waals surface area contributed by atoms with Crippen molar-refractivity contribution >= 4 is 8.07 Å². The zero-order valence-corrected chi connectivity index (χ0v) is 23.3. The topological polar surface area (TPSA) is 62.2 Å². The first kappa shape index (κ1) is 30.5. The van der Waals surface area contributed by atoms with Crippen molar-refractivity contribution in [3.63, 3.8) is 0 Å². The smallest absolute Gasteiger partial charge is 0.161 e. The highest BCUT2D eigenvalue weighted by atomic mass is 28.3. The number of aliphatic hydroxyl groups excluding tert-OH is 2. The number of hydrogen-bond donors (Lipinski definition) is 2. The van der Waals surface area contributed by atoms with E-state index < -0.39 is 20.3 Å². The van der Waals surface area contributed by atoms with Crippen LogP contribution in [0.15, 0.2) is 24.3 Å². The molecule has 0 spiro atoms. The van der Waals surface area contributed by atoms with Crippen LogP contribution in [0.4, 0.5) is 0 Å². The molecule has 0 aliphatic rings. The summed E-state index contributed by atoms with van der Waals surface area (Å²) < 4.78 is 11.8. The molecule has 0 radical (unpaired) electrons. The van der Waals surface area contributed by atoms with Crippen LogP contribution < -0.4 is 9.47 Å². The zero-order valence-electron chi connectivity index (χ0n) is 22.3. The highest BCUT2D eigenvalue weighted by molar-refractivity contribution is 6.87. The molecule has 194 valence electrons. The van der Waals surface area contributed by atoms with Crippen LogP contribution in [0.1, 0.15) is 66.7 Å². The van der Waals surface area contributed by atoms with E-state index in [1.54, 1.807) is 0 Å². The normalized spacial score (nSPS) is 13.3. The molecule has 5 nitrogen and oxygen atoms in total. The third-order valence-corrected chi connectivity index (χ3v) is 11.3. The van der Waals surface area contributed by atoms with E-state index in [4.69, 9.17) is 9.47 Å². The van der Waals surface area contributed by atoms with E-state index in [-0.39, 0.29) is 13.2 Å². The van der Waals surface area contributed by atoms with Crippen LogP contribution in [0.5, 0.6) is 11.5 Å². The van der Waals surface area contributed by atoms with Crippen LogP contribution in [-0.2, 0) is 0 Å². The maximum Gasteiger partial charge on any atom is 0.161 e. The van der Waals surface area contributed by atoms with Gasteiger partial charge in [-0.1, -0.05) is 59.6 Å². The van der Waals surface area contributed by atoms with Crippen molar-refractivity contribution in [3.8, 4) is 23.0 Å².